The summed E-state index contributed by atoms with van der Waals surface area (Å²) in [6.07, 6.45) is 2.99. The molecule has 6 nitrogen and oxygen atoms in total. The number of aromatic amines is 1. The Labute approximate surface area is 171 Å². The number of fused-ring (bicyclic) bond motifs is 1. The van der Waals surface area contributed by atoms with Gasteiger partial charge in [0.15, 0.2) is 5.78 Å². The smallest absolute Gasteiger partial charge is 0.357 e. The number of carbonyl (C=O) groups excluding carboxylic acids is 1. The topological polar surface area (TPSA) is 83.6 Å². The fourth-order valence-electron chi connectivity index (χ4n) is 3.38. The van der Waals surface area contributed by atoms with Crippen molar-refractivity contribution < 1.29 is 18.0 Å². The van der Waals surface area contributed by atoms with Crippen LogP contribution in [0.4, 0.5) is 19.0 Å². The molecule has 30 heavy (non-hydrogen) atoms. The lowest BCUT2D eigenvalue weighted by Crippen LogP contribution is -2.41. The minimum atomic E-state index is -4.37. The van der Waals surface area contributed by atoms with Crippen molar-refractivity contribution in [3.8, 4) is 11.3 Å². The Kier molecular flexibility index (Phi) is 4.99. The van der Waals surface area contributed by atoms with Gasteiger partial charge in [-0.25, -0.2) is 9.97 Å². The summed E-state index contributed by atoms with van der Waals surface area (Å²) in [5, 5.41) is 3.86. The second-order valence-corrected chi connectivity index (χ2v) is 8.22. The van der Waals surface area contributed by atoms with Crippen LogP contribution in [0.15, 0.2) is 30.9 Å². The highest BCUT2D eigenvalue weighted by molar-refractivity contribution is 5.93. The number of halogens is 3. The molecule has 1 saturated carbocycles. The molecule has 2 N–H and O–H groups in total. The van der Waals surface area contributed by atoms with Crippen LogP contribution in [0, 0.1) is 0 Å². The van der Waals surface area contributed by atoms with Crippen molar-refractivity contribution in [2.45, 2.75) is 57.2 Å². The highest BCUT2D eigenvalue weighted by atomic mass is 19.4. The molecule has 0 amide bonds. The van der Waals surface area contributed by atoms with Gasteiger partial charge in [0, 0.05) is 29.8 Å². The summed E-state index contributed by atoms with van der Waals surface area (Å²) < 4.78 is 37.3. The molecule has 3 aromatic rings. The van der Waals surface area contributed by atoms with Crippen LogP contribution in [0.25, 0.3) is 22.3 Å². The van der Waals surface area contributed by atoms with Gasteiger partial charge in [-0.15, -0.1) is 0 Å². The maximum atomic E-state index is 12.4. The van der Waals surface area contributed by atoms with Gasteiger partial charge >= 0.3 is 6.18 Å². The Balaban J connectivity index is 1.56. The lowest BCUT2D eigenvalue weighted by molar-refractivity contribution is -0.144. The Hall–Kier alpha value is -2.97. The quantitative estimate of drug-likeness (QED) is 0.565. The number of alkyl halides is 3. The molecule has 0 bridgehead atoms. The number of hydrogen-bond donors (Lipinski definition) is 2. The summed E-state index contributed by atoms with van der Waals surface area (Å²) in [6, 6.07) is 2.11. The minimum Gasteiger partial charge on any atom is -0.357 e. The van der Waals surface area contributed by atoms with Gasteiger partial charge < -0.3 is 10.3 Å². The first-order valence-electron chi connectivity index (χ1n) is 9.80. The van der Waals surface area contributed by atoms with E-state index >= 15 is 0 Å². The van der Waals surface area contributed by atoms with Crippen molar-refractivity contribution in [2.75, 3.05) is 5.32 Å². The SMILES string of the molecule is CC(C)(Nc1cncc(-c2c[nH]c3ncc(C4CC4)cc23)n1)C(=O)CCC(F)(F)F. The highest BCUT2D eigenvalue weighted by Gasteiger charge is 2.33. The third-order valence-corrected chi connectivity index (χ3v) is 5.28. The molecular weight excluding hydrogens is 395 g/mol. The van der Waals surface area contributed by atoms with E-state index in [0.29, 0.717) is 17.4 Å². The van der Waals surface area contributed by atoms with Crippen LogP contribution < -0.4 is 5.32 Å². The molecule has 0 aliphatic heterocycles. The number of Topliss-reactive ketones (excluding diaryl/α,β-unsaturated/α-hetero) is 1. The Bertz CT molecular complexity index is 1090. The normalized spacial score (nSPS) is 14.8. The van der Waals surface area contributed by atoms with Crippen LogP contribution >= 0.6 is 0 Å². The molecule has 0 radical (unpaired) electrons. The van der Waals surface area contributed by atoms with E-state index in [0.717, 1.165) is 16.6 Å². The second-order valence-electron chi connectivity index (χ2n) is 8.22. The number of H-pyrrole nitrogens is 1. The zero-order chi connectivity index (χ0) is 21.5. The monoisotopic (exact) mass is 417 g/mol. The Morgan fingerprint density at radius 2 is 2.00 bits per heavy atom. The summed E-state index contributed by atoms with van der Waals surface area (Å²) >= 11 is 0. The maximum absolute atomic E-state index is 12.4. The molecule has 1 fully saturated rings. The average molecular weight is 417 g/mol. The van der Waals surface area contributed by atoms with Gasteiger partial charge in [-0.3, -0.25) is 9.78 Å². The van der Waals surface area contributed by atoms with E-state index in [-0.39, 0.29) is 0 Å². The Morgan fingerprint density at radius 1 is 1.23 bits per heavy atom. The number of anilines is 1. The van der Waals surface area contributed by atoms with E-state index in [9.17, 15) is 18.0 Å². The molecule has 4 rings (SSSR count). The van der Waals surface area contributed by atoms with Crippen LogP contribution in [0.1, 0.15) is 51.0 Å². The lowest BCUT2D eigenvalue weighted by Gasteiger charge is -2.25. The lowest BCUT2D eigenvalue weighted by atomic mass is 9.95. The summed E-state index contributed by atoms with van der Waals surface area (Å²) in [4.78, 5) is 28.6. The fourth-order valence-corrected chi connectivity index (χ4v) is 3.38. The van der Waals surface area contributed by atoms with Crippen LogP contribution in [0.3, 0.4) is 0 Å². The number of rotatable bonds is 7. The number of nitrogens with one attached hydrogen (secondary N) is 2. The fraction of sp³-hybridized carbons (Fsp3) is 0.429. The first kappa shape index (κ1) is 20.3. The molecular formula is C21H22F3N5O. The first-order valence-corrected chi connectivity index (χ1v) is 9.80. The van der Waals surface area contributed by atoms with Crippen molar-refractivity contribution in [3.63, 3.8) is 0 Å². The molecule has 0 spiro atoms. The minimum absolute atomic E-state index is 0.318. The van der Waals surface area contributed by atoms with Crippen LogP contribution in [0.2, 0.25) is 0 Å². The third-order valence-electron chi connectivity index (χ3n) is 5.28. The number of nitrogens with zero attached hydrogens (tertiary/aromatic N) is 3. The summed E-state index contributed by atoms with van der Waals surface area (Å²) in [5.74, 6) is 0.336. The third kappa shape index (κ3) is 4.44. The van der Waals surface area contributed by atoms with E-state index in [1.807, 2.05) is 12.4 Å². The number of carbonyl (C=O) groups is 1. The molecule has 0 saturated heterocycles. The van der Waals surface area contributed by atoms with Crippen molar-refractivity contribution >= 4 is 22.6 Å². The molecule has 9 heteroatoms. The van der Waals surface area contributed by atoms with E-state index < -0.39 is 30.3 Å². The average Bonchev–Trinajstić information content (AvgIpc) is 3.44. The number of ketones is 1. The van der Waals surface area contributed by atoms with Gasteiger partial charge in [0.25, 0.3) is 0 Å². The van der Waals surface area contributed by atoms with E-state index in [4.69, 9.17) is 0 Å². The van der Waals surface area contributed by atoms with Crippen LogP contribution in [0.5, 0.6) is 0 Å². The molecule has 0 atom stereocenters. The molecule has 158 valence electrons. The van der Waals surface area contributed by atoms with E-state index in [2.05, 4.69) is 31.3 Å². The summed E-state index contributed by atoms with van der Waals surface area (Å²) in [5.41, 5.74) is 2.15. The maximum Gasteiger partial charge on any atom is 0.389 e. The summed E-state index contributed by atoms with van der Waals surface area (Å²) in [7, 11) is 0. The number of pyridine rings is 1. The predicted octanol–water partition coefficient (Wildman–Crippen LogP) is 5.00. The van der Waals surface area contributed by atoms with Crippen molar-refractivity contribution in [2.24, 2.45) is 0 Å². The molecule has 1 aliphatic rings. The van der Waals surface area contributed by atoms with Crippen molar-refractivity contribution in [1.82, 2.24) is 19.9 Å². The molecule has 0 aromatic carbocycles. The molecule has 0 unspecified atom stereocenters. The Morgan fingerprint density at radius 3 is 2.70 bits per heavy atom. The molecule has 3 heterocycles. The first-order chi connectivity index (χ1) is 14.1. The highest BCUT2D eigenvalue weighted by Crippen LogP contribution is 2.41. The molecule has 1 aliphatic carbocycles. The van der Waals surface area contributed by atoms with Gasteiger partial charge in [-0.2, -0.15) is 13.2 Å². The van der Waals surface area contributed by atoms with E-state index in [1.165, 1.54) is 38.4 Å². The van der Waals surface area contributed by atoms with Crippen LogP contribution in [-0.4, -0.2) is 37.4 Å². The summed E-state index contributed by atoms with van der Waals surface area (Å²) in [6.45, 7) is 3.08. The van der Waals surface area contributed by atoms with Crippen molar-refractivity contribution in [3.05, 3.63) is 36.4 Å². The number of aromatic nitrogens is 4. The van der Waals surface area contributed by atoms with Gasteiger partial charge in [0.2, 0.25) is 0 Å². The number of hydrogen-bond acceptors (Lipinski definition) is 5. The van der Waals surface area contributed by atoms with Gasteiger partial charge in [0.05, 0.1) is 30.0 Å². The standard InChI is InChI=1S/C21H22F3N5O/c1-20(2,17(30)5-6-21(22,23)24)29-18-11-25-10-16(28-18)15-9-27-19-14(15)7-13(8-26-19)12-3-4-12/h7-12H,3-6H2,1-2H3,(H,26,27)(H,28,29). The molecule has 3 aromatic heterocycles. The zero-order valence-electron chi connectivity index (χ0n) is 16.7. The predicted molar refractivity (Wildman–Crippen MR) is 107 cm³/mol. The zero-order valence-corrected chi connectivity index (χ0v) is 16.7. The van der Waals surface area contributed by atoms with Crippen LogP contribution in [-0.2, 0) is 4.79 Å². The second kappa shape index (κ2) is 7.37. The largest absolute Gasteiger partial charge is 0.389 e. The van der Waals surface area contributed by atoms with Gasteiger partial charge in [0.1, 0.15) is 11.5 Å². The van der Waals surface area contributed by atoms with Crippen molar-refractivity contribution in [1.29, 1.82) is 0 Å². The van der Waals surface area contributed by atoms with Gasteiger partial charge in [-0.1, -0.05) is 0 Å². The van der Waals surface area contributed by atoms with Gasteiger partial charge in [-0.05, 0) is 44.2 Å². The van der Waals surface area contributed by atoms with E-state index in [1.54, 1.807) is 6.20 Å².